The number of carbonyl (C=O) groups excluding carboxylic acids is 1. The summed E-state index contributed by atoms with van der Waals surface area (Å²) in [7, 11) is 0. The lowest BCUT2D eigenvalue weighted by molar-refractivity contribution is -0.385. The van der Waals surface area contributed by atoms with Gasteiger partial charge < -0.3 is 4.90 Å². The van der Waals surface area contributed by atoms with Gasteiger partial charge in [-0.3, -0.25) is 14.9 Å². The number of nitro benzene ring substituents is 1. The van der Waals surface area contributed by atoms with Crippen LogP contribution in [0.5, 0.6) is 0 Å². The molecule has 0 N–H and O–H groups in total. The van der Waals surface area contributed by atoms with Gasteiger partial charge in [0.25, 0.3) is 5.69 Å². The molecular formula is C12H13BrN2O3. The van der Waals surface area contributed by atoms with Gasteiger partial charge in [0.1, 0.15) is 0 Å². The lowest BCUT2D eigenvalue weighted by atomic mass is 10.1. The molecule has 6 heteroatoms. The van der Waals surface area contributed by atoms with Gasteiger partial charge in [-0.05, 0) is 25.5 Å². The Balaban J connectivity index is 2.48. The van der Waals surface area contributed by atoms with E-state index < -0.39 is 4.92 Å². The van der Waals surface area contributed by atoms with Crippen molar-refractivity contribution < 1.29 is 9.72 Å². The number of hydrogen-bond donors (Lipinski definition) is 0. The predicted octanol–water partition coefficient (Wildman–Crippen LogP) is 2.71. The zero-order chi connectivity index (χ0) is 13.4. The van der Waals surface area contributed by atoms with Gasteiger partial charge in [-0.1, -0.05) is 15.9 Å². The quantitative estimate of drug-likeness (QED) is 0.479. The van der Waals surface area contributed by atoms with E-state index in [9.17, 15) is 14.9 Å². The summed E-state index contributed by atoms with van der Waals surface area (Å²) in [6.07, 6.45) is 0.432. The van der Waals surface area contributed by atoms with Crippen LogP contribution in [0.1, 0.15) is 17.5 Å². The first-order chi connectivity index (χ1) is 8.40. The fourth-order valence-electron chi connectivity index (χ4n) is 2.21. The maximum atomic E-state index is 11.8. The van der Waals surface area contributed by atoms with Crippen molar-refractivity contribution >= 4 is 33.2 Å². The number of alkyl halides is 1. The second-order valence-electron chi connectivity index (χ2n) is 4.49. The molecule has 0 radical (unpaired) electrons. The number of benzene rings is 1. The summed E-state index contributed by atoms with van der Waals surface area (Å²) in [6.45, 7) is 4.12. The van der Waals surface area contributed by atoms with E-state index in [1.165, 1.54) is 6.07 Å². The smallest absolute Gasteiger partial charge is 0.274 e. The standard InChI is InChI=1S/C12H13BrN2O3/c1-7-3-8(2)11(15(17)18)5-10(7)14-6-9(13)4-12(14)16/h3,5,9H,4,6H2,1-2H3. The topological polar surface area (TPSA) is 63.5 Å². The van der Waals surface area contributed by atoms with E-state index in [1.807, 2.05) is 6.92 Å². The summed E-state index contributed by atoms with van der Waals surface area (Å²) in [6, 6.07) is 3.25. The van der Waals surface area contributed by atoms with Crippen LogP contribution in [0, 0.1) is 24.0 Å². The fraction of sp³-hybridized carbons (Fsp3) is 0.417. The Labute approximate surface area is 113 Å². The van der Waals surface area contributed by atoms with Crippen molar-refractivity contribution in [1.29, 1.82) is 0 Å². The van der Waals surface area contributed by atoms with Gasteiger partial charge in [0.05, 0.1) is 10.6 Å². The van der Waals surface area contributed by atoms with Crippen LogP contribution in [0.4, 0.5) is 11.4 Å². The van der Waals surface area contributed by atoms with Crippen molar-refractivity contribution in [2.45, 2.75) is 25.1 Å². The van der Waals surface area contributed by atoms with E-state index in [-0.39, 0.29) is 16.4 Å². The van der Waals surface area contributed by atoms with Gasteiger partial charge in [-0.15, -0.1) is 0 Å². The van der Waals surface area contributed by atoms with Gasteiger partial charge in [0.15, 0.2) is 0 Å². The summed E-state index contributed by atoms with van der Waals surface area (Å²) in [5.74, 6) is -0.00174. The lowest BCUT2D eigenvalue weighted by Crippen LogP contribution is -2.25. The van der Waals surface area contributed by atoms with E-state index in [0.29, 0.717) is 24.2 Å². The highest BCUT2D eigenvalue weighted by molar-refractivity contribution is 9.09. The van der Waals surface area contributed by atoms with E-state index in [2.05, 4.69) is 15.9 Å². The van der Waals surface area contributed by atoms with Crippen molar-refractivity contribution in [3.8, 4) is 0 Å². The number of carbonyl (C=O) groups is 1. The number of nitro groups is 1. The molecule has 1 aromatic carbocycles. The molecule has 1 amide bonds. The number of nitrogens with zero attached hydrogens (tertiary/aromatic N) is 2. The molecule has 0 bridgehead atoms. The Hall–Kier alpha value is -1.43. The fourth-order valence-corrected chi connectivity index (χ4v) is 2.78. The zero-order valence-electron chi connectivity index (χ0n) is 10.1. The third-order valence-corrected chi connectivity index (χ3v) is 3.69. The van der Waals surface area contributed by atoms with Crippen LogP contribution in [-0.2, 0) is 4.79 Å². The minimum absolute atomic E-state index is 0.00174. The molecule has 1 heterocycles. The normalized spacial score (nSPS) is 19.4. The van der Waals surface area contributed by atoms with Crippen LogP contribution in [-0.4, -0.2) is 22.2 Å². The molecule has 1 fully saturated rings. The van der Waals surface area contributed by atoms with Crippen molar-refractivity contribution in [1.82, 2.24) is 0 Å². The van der Waals surface area contributed by atoms with Gasteiger partial charge in [0.2, 0.25) is 5.91 Å². The predicted molar refractivity (Wildman–Crippen MR) is 72.3 cm³/mol. The van der Waals surface area contributed by atoms with Crippen molar-refractivity contribution in [2.24, 2.45) is 0 Å². The third kappa shape index (κ3) is 2.25. The minimum Gasteiger partial charge on any atom is -0.311 e. The highest BCUT2D eigenvalue weighted by atomic mass is 79.9. The number of anilines is 1. The van der Waals surface area contributed by atoms with Crippen LogP contribution in [0.25, 0.3) is 0 Å². The molecule has 2 rings (SSSR count). The Morgan fingerprint density at radius 1 is 1.39 bits per heavy atom. The highest BCUT2D eigenvalue weighted by Crippen LogP contribution is 2.32. The Morgan fingerprint density at radius 3 is 2.56 bits per heavy atom. The molecule has 1 saturated heterocycles. The van der Waals surface area contributed by atoms with Crippen molar-refractivity contribution in [3.05, 3.63) is 33.4 Å². The molecule has 5 nitrogen and oxygen atoms in total. The van der Waals surface area contributed by atoms with E-state index in [4.69, 9.17) is 0 Å². The molecule has 0 aliphatic carbocycles. The molecule has 1 atom stereocenters. The largest absolute Gasteiger partial charge is 0.311 e. The van der Waals surface area contributed by atoms with Crippen LogP contribution < -0.4 is 4.90 Å². The van der Waals surface area contributed by atoms with Gasteiger partial charge in [-0.2, -0.15) is 0 Å². The molecule has 96 valence electrons. The maximum Gasteiger partial charge on any atom is 0.274 e. The van der Waals surface area contributed by atoms with Gasteiger partial charge in [-0.25, -0.2) is 0 Å². The first kappa shape index (κ1) is 13.0. The monoisotopic (exact) mass is 312 g/mol. The highest BCUT2D eigenvalue weighted by Gasteiger charge is 2.30. The average Bonchev–Trinajstić information content (AvgIpc) is 2.57. The van der Waals surface area contributed by atoms with Gasteiger partial charge >= 0.3 is 0 Å². The number of halogens is 1. The van der Waals surface area contributed by atoms with Crippen molar-refractivity contribution in [2.75, 3.05) is 11.4 Å². The first-order valence-electron chi connectivity index (χ1n) is 5.60. The number of rotatable bonds is 2. The van der Waals surface area contributed by atoms with E-state index >= 15 is 0 Å². The molecule has 0 spiro atoms. The van der Waals surface area contributed by atoms with Gasteiger partial charge in [0, 0.05) is 29.4 Å². The van der Waals surface area contributed by atoms with E-state index in [0.717, 1.165) is 5.56 Å². The lowest BCUT2D eigenvalue weighted by Gasteiger charge is -2.18. The summed E-state index contributed by atoms with van der Waals surface area (Å²) >= 11 is 3.41. The Morgan fingerprint density at radius 2 is 2.06 bits per heavy atom. The average molecular weight is 313 g/mol. The zero-order valence-corrected chi connectivity index (χ0v) is 11.7. The molecule has 1 aliphatic rings. The summed E-state index contributed by atoms with van der Waals surface area (Å²) in [5, 5.41) is 10.9. The van der Waals surface area contributed by atoms with Crippen LogP contribution in [0.2, 0.25) is 0 Å². The molecule has 1 aromatic rings. The second kappa shape index (κ2) is 4.68. The third-order valence-electron chi connectivity index (χ3n) is 3.08. The number of hydrogen-bond acceptors (Lipinski definition) is 3. The molecule has 1 aliphatic heterocycles. The summed E-state index contributed by atoms with van der Waals surface area (Å²) in [4.78, 5) is 24.1. The molecular weight excluding hydrogens is 300 g/mol. The summed E-state index contributed by atoms with van der Waals surface area (Å²) < 4.78 is 0. The Bertz CT molecular complexity index is 530. The minimum atomic E-state index is -0.412. The van der Waals surface area contributed by atoms with Crippen LogP contribution in [0.15, 0.2) is 12.1 Å². The maximum absolute atomic E-state index is 11.8. The SMILES string of the molecule is Cc1cc(C)c([N+](=O)[O-])cc1N1CC(Br)CC1=O. The molecule has 1 unspecified atom stereocenters. The summed E-state index contributed by atoms with van der Waals surface area (Å²) in [5.41, 5.74) is 2.19. The molecule has 0 aromatic heterocycles. The van der Waals surface area contributed by atoms with Crippen LogP contribution in [0.3, 0.4) is 0 Å². The number of amides is 1. The molecule has 0 saturated carbocycles. The first-order valence-corrected chi connectivity index (χ1v) is 6.51. The molecule has 18 heavy (non-hydrogen) atoms. The van der Waals surface area contributed by atoms with Crippen LogP contribution >= 0.6 is 15.9 Å². The van der Waals surface area contributed by atoms with Crippen molar-refractivity contribution in [3.63, 3.8) is 0 Å². The van der Waals surface area contributed by atoms with E-state index in [1.54, 1.807) is 17.9 Å². The Kier molecular flexibility index (Phi) is 3.38. The second-order valence-corrected chi connectivity index (χ2v) is 5.78. The number of aryl methyl sites for hydroxylation is 2.